The second kappa shape index (κ2) is 11.3. The van der Waals surface area contributed by atoms with Gasteiger partial charge in [0.15, 0.2) is 9.04 Å². The van der Waals surface area contributed by atoms with Gasteiger partial charge >= 0.3 is 0 Å². The number of hydrogen-bond acceptors (Lipinski definition) is 1. The van der Waals surface area contributed by atoms with Crippen LogP contribution in [0.2, 0.25) is 12.1 Å². The minimum absolute atomic E-state index is 1.16. The maximum Gasteiger partial charge on any atom is 0.172 e. The van der Waals surface area contributed by atoms with Gasteiger partial charge in [0.1, 0.15) is 0 Å². The largest absolute Gasteiger partial charge is 0.435 e. The van der Waals surface area contributed by atoms with Crippen LogP contribution in [0.4, 0.5) is 0 Å². The highest BCUT2D eigenvalue weighted by Crippen LogP contribution is 2.11. The molecule has 0 radical (unpaired) electrons. The van der Waals surface area contributed by atoms with Crippen LogP contribution in [0.15, 0.2) is 0 Å². The third-order valence-corrected chi connectivity index (χ3v) is 4.93. The van der Waals surface area contributed by atoms with Gasteiger partial charge in [-0.2, -0.15) is 0 Å². The Morgan fingerprint density at radius 1 is 0.714 bits per heavy atom. The van der Waals surface area contributed by atoms with Crippen LogP contribution in [-0.4, -0.2) is 13.8 Å². The molecule has 1 N–H and O–H groups in total. The van der Waals surface area contributed by atoms with Gasteiger partial charge in [0, 0.05) is 0 Å². The van der Waals surface area contributed by atoms with Gasteiger partial charge in [-0.05, 0) is 12.1 Å². The lowest BCUT2D eigenvalue weighted by Crippen LogP contribution is -2.10. The van der Waals surface area contributed by atoms with Gasteiger partial charge in [0.2, 0.25) is 0 Å². The average Bonchev–Trinajstić information content (AvgIpc) is 2.19. The first-order valence-electron chi connectivity index (χ1n) is 6.49. The van der Waals surface area contributed by atoms with Gasteiger partial charge < -0.3 is 4.80 Å². The topological polar surface area (TPSA) is 20.2 Å². The molecular weight excluding hydrogens is 188 g/mol. The van der Waals surface area contributed by atoms with Gasteiger partial charge in [-0.1, -0.05) is 65.2 Å². The normalized spacial score (nSPS) is 11.1. The summed E-state index contributed by atoms with van der Waals surface area (Å²) >= 11 is 0. The molecule has 0 aromatic rings. The number of rotatable bonds is 10. The van der Waals surface area contributed by atoms with Gasteiger partial charge in [0.25, 0.3) is 0 Å². The molecule has 0 unspecified atom stereocenters. The molecule has 0 heterocycles. The van der Waals surface area contributed by atoms with E-state index in [-0.39, 0.29) is 0 Å². The van der Waals surface area contributed by atoms with Crippen molar-refractivity contribution in [2.75, 3.05) is 0 Å². The smallest absolute Gasteiger partial charge is 0.172 e. The zero-order valence-corrected chi connectivity index (χ0v) is 11.3. The van der Waals surface area contributed by atoms with Crippen molar-refractivity contribution in [3.63, 3.8) is 0 Å². The van der Waals surface area contributed by atoms with E-state index in [4.69, 9.17) is 0 Å². The zero-order valence-electron chi connectivity index (χ0n) is 10.1. The minimum Gasteiger partial charge on any atom is -0.435 e. The minimum atomic E-state index is -1.29. The van der Waals surface area contributed by atoms with Crippen LogP contribution in [-0.2, 0) is 0 Å². The summed E-state index contributed by atoms with van der Waals surface area (Å²) < 4.78 is 0. The fourth-order valence-electron chi connectivity index (χ4n) is 1.76. The van der Waals surface area contributed by atoms with Gasteiger partial charge in [0.05, 0.1) is 0 Å². The molecule has 14 heavy (non-hydrogen) atoms. The van der Waals surface area contributed by atoms with Gasteiger partial charge in [-0.15, -0.1) is 0 Å². The quantitative estimate of drug-likeness (QED) is 0.434. The molecule has 2 heteroatoms. The van der Waals surface area contributed by atoms with E-state index in [9.17, 15) is 4.80 Å². The van der Waals surface area contributed by atoms with Crippen molar-refractivity contribution in [2.45, 2.75) is 77.3 Å². The Balaban J connectivity index is 3.07. The SMILES string of the molecule is CCCCCC[SiH](O)CCCCCC. The Labute approximate surface area is 91.6 Å². The third-order valence-electron chi connectivity index (χ3n) is 2.78. The van der Waals surface area contributed by atoms with Crippen molar-refractivity contribution in [1.29, 1.82) is 0 Å². The molecule has 0 amide bonds. The first kappa shape index (κ1) is 14.2. The molecule has 0 aliphatic carbocycles. The second-order valence-electron chi connectivity index (χ2n) is 4.35. The molecule has 0 saturated heterocycles. The molecule has 0 spiro atoms. The van der Waals surface area contributed by atoms with Crippen LogP contribution in [0.1, 0.15) is 65.2 Å². The van der Waals surface area contributed by atoms with E-state index in [1.165, 1.54) is 51.4 Å². The summed E-state index contributed by atoms with van der Waals surface area (Å²) in [4.78, 5) is 9.79. The van der Waals surface area contributed by atoms with Crippen molar-refractivity contribution < 1.29 is 4.80 Å². The summed E-state index contributed by atoms with van der Waals surface area (Å²) in [6.07, 6.45) is 10.5. The average molecular weight is 216 g/mol. The Morgan fingerprint density at radius 2 is 1.14 bits per heavy atom. The first-order chi connectivity index (χ1) is 6.81. The van der Waals surface area contributed by atoms with E-state index < -0.39 is 9.04 Å². The maximum atomic E-state index is 9.79. The number of unbranched alkanes of at least 4 members (excludes halogenated alkanes) is 6. The van der Waals surface area contributed by atoms with Crippen molar-refractivity contribution in [3.8, 4) is 0 Å². The van der Waals surface area contributed by atoms with Crippen molar-refractivity contribution >= 4 is 9.04 Å². The fraction of sp³-hybridized carbons (Fsp3) is 1.00. The molecule has 0 fully saturated rings. The molecule has 0 saturated carbocycles. The lowest BCUT2D eigenvalue weighted by molar-refractivity contribution is 0.546. The third kappa shape index (κ3) is 10.3. The van der Waals surface area contributed by atoms with Crippen LogP contribution in [0.5, 0.6) is 0 Å². The van der Waals surface area contributed by atoms with E-state index in [1.807, 2.05) is 0 Å². The maximum absolute atomic E-state index is 9.79. The Kier molecular flexibility index (Phi) is 11.4. The van der Waals surface area contributed by atoms with Crippen LogP contribution < -0.4 is 0 Å². The highest BCUT2D eigenvalue weighted by molar-refractivity contribution is 6.50. The van der Waals surface area contributed by atoms with Crippen molar-refractivity contribution in [2.24, 2.45) is 0 Å². The summed E-state index contributed by atoms with van der Waals surface area (Å²) in [7, 11) is -1.29. The van der Waals surface area contributed by atoms with E-state index >= 15 is 0 Å². The van der Waals surface area contributed by atoms with Crippen LogP contribution in [0, 0.1) is 0 Å². The van der Waals surface area contributed by atoms with Gasteiger partial charge in [-0.25, -0.2) is 0 Å². The first-order valence-corrected chi connectivity index (χ1v) is 8.64. The molecule has 0 aromatic heterocycles. The Hall–Kier alpha value is 0.177. The Morgan fingerprint density at radius 3 is 1.50 bits per heavy atom. The molecule has 0 rings (SSSR count). The summed E-state index contributed by atoms with van der Waals surface area (Å²) in [6, 6.07) is 2.32. The molecule has 86 valence electrons. The predicted octanol–water partition coefficient (Wildman–Crippen LogP) is 3.86. The summed E-state index contributed by atoms with van der Waals surface area (Å²) in [5.41, 5.74) is 0. The van der Waals surface area contributed by atoms with E-state index in [0.29, 0.717) is 0 Å². The molecule has 0 aliphatic rings. The summed E-state index contributed by atoms with van der Waals surface area (Å²) in [5.74, 6) is 0. The van der Waals surface area contributed by atoms with Crippen LogP contribution in [0.25, 0.3) is 0 Å². The molecule has 1 nitrogen and oxygen atoms in total. The lowest BCUT2D eigenvalue weighted by atomic mass is 10.2. The van der Waals surface area contributed by atoms with E-state index in [0.717, 1.165) is 12.1 Å². The van der Waals surface area contributed by atoms with E-state index in [2.05, 4.69) is 13.8 Å². The molecule has 0 bridgehead atoms. The van der Waals surface area contributed by atoms with Crippen LogP contribution in [0.3, 0.4) is 0 Å². The standard InChI is InChI=1S/C12H28OSi/c1-3-5-7-9-11-14(13)12-10-8-6-4-2/h13-14H,3-12H2,1-2H3. The summed E-state index contributed by atoms with van der Waals surface area (Å²) in [6.45, 7) is 4.47. The van der Waals surface area contributed by atoms with E-state index in [1.54, 1.807) is 0 Å². The Bertz CT molecular complexity index is 94.5. The molecule has 0 aliphatic heterocycles. The molecule has 0 atom stereocenters. The van der Waals surface area contributed by atoms with Crippen molar-refractivity contribution in [3.05, 3.63) is 0 Å². The summed E-state index contributed by atoms with van der Waals surface area (Å²) in [5, 5.41) is 0. The number of hydrogen-bond donors (Lipinski definition) is 1. The fourth-order valence-corrected chi connectivity index (χ4v) is 3.57. The predicted molar refractivity (Wildman–Crippen MR) is 67.3 cm³/mol. The van der Waals surface area contributed by atoms with Crippen LogP contribution >= 0.6 is 0 Å². The second-order valence-corrected chi connectivity index (χ2v) is 6.81. The van der Waals surface area contributed by atoms with Gasteiger partial charge in [-0.3, -0.25) is 0 Å². The van der Waals surface area contributed by atoms with Crippen molar-refractivity contribution in [1.82, 2.24) is 0 Å². The lowest BCUT2D eigenvalue weighted by Gasteiger charge is -2.07. The highest BCUT2D eigenvalue weighted by atomic mass is 28.3. The molecule has 0 aromatic carbocycles. The zero-order chi connectivity index (χ0) is 10.6. The molecular formula is C12H28OSi. The highest BCUT2D eigenvalue weighted by Gasteiger charge is 2.05. The monoisotopic (exact) mass is 216 g/mol.